The van der Waals surface area contributed by atoms with E-state index in [4.69, 9.17) is 4.74 Å². The minimum absolute atomic E-state index is 0.0557. The van der Waals surface area contributed by atoms with Gasteiger partial charge in [0.15, 0.2) is 0 Å². The largest absolute Gasteiger partial charge is 0.496 e. The molecule has 2 aliphatic heterocycles. The average Bonchev–Trinajstić information content (AvgIpc) is 2.82. The van der Waals surface area contributed by atoms with Crippen molar-refractivity contribution in [2.24, 2.45) is 5.92 Å². The van der Waals surface area contributed by atoms with Gasteiger partial charge in [-0.2, -0.15) is 0 Å². The Kier molecular flexibility index (Phi) is 8.50. The number of carbonyl (C=O) groups is 3. The fraction of sp³-hybridized carbons (Fsp3) is 0.625. The Bertz CT molecular complexity index is 799. The highest BCUT2D eigenvalue weighted by atomic mass is 16.5. The monoisotopic (exact) mass is 444 g/mol. The Hall–Kier alpha value is -2.61. The van der Waals surface area contributed by atoms with Crippen LogP contribution in [0.3, 0.4) is 0 Å². The molecular weight excluding hydrogens is 408 g/mol. The van der Waals surface area contributed by atoms with Crippen LogP contribution in [0.15, 0.2) is 24.3 Å². The molecule has 0 saturated carbocycles. The zero-order chi connectivity index (χ0) is 23.1. The highest BCUT2D eigenvalue weighted by molar-refractivity contribution is 5.99. The van der Waals surface area contributed by atoms with Crippen LogP contribution in [-0.4, -0.2) is 91.4 Å². The van der Waals surface area contributed by atoms with E-state index in [1.54, 1.807) is 29.2 Å². The summed E-state index contributed by atoms with van der Waals surface area (Å²) in [4.78, 5) is 44.5. The van der Waals surface area contributed by atoms with E-state index in [0.717, 1.165) is 25.9 Å². The summed E-state index contributed by atoms with van der Waals surface area (Å²) in [5, 5.41) is 2.91. The van der Waals surface area contributed by atoms with Gasteiger partial charge in [-0.3, -0.25) is 19.3 Å². The fourth-order valence-corrected chi connectivity index (χ4v) is 4.32. The first-order valence-electron chi connectivity index (χ1n) is 11.6. The first-order valence-corrected chi connectivity index (χ1v) is 11.6. The van der Waals surface area contributed by atoms with Crippen LogP contribution >= 0.6 is 0 Å². The van der Waals surface area contributed by atoms with Gasteiger partial charge in [-0.15, -0.1) is 0 Å². The van der Waals surface area contributed by atoms with Crippen LogP contribution in [0.5, 0.6) is 5.75 Å². The Morgan fingerprint density at radius 2 is 1.59 bits per heavy atom. The third kappa shape index (κ3) is 6.00. The number of benzene rings is 1. The number of hydrogen-bond acceptors (Lipinski definition) is 5. The van der Waals surface area contributed by atoms with Crippen LogP contribution in [-0.2, 0) is 9.59 Å². The maximum Gasteiger partial charge on any atom is 0.255 e. The summed E-state index contributed by atoms with van der Waals surface area (Å²) in [5.74, 6) is 0.214. The number of methoxy groups -OCH3 is 1. The van der Waals surface area contributed by atoms with E-state index in [9.17, 15) is 14.4 Å². The summed E-state index contributed by atoms with van der Waals surface area (Å²) >= 11 is 0. The molecule has 8 nitrogen and oxygen atoms in total. The lowest BCUT2D eigenvalue weighted by atomic mass is 10.0. The molecule has 0 aromatic heterocycles. The minimum Gasteiger partial charge on any atom is -0.496 e. The average molecular weight is 445 g/mol. The summed E-state index contributed by atoms with van der Waals surface area (Å²) in [6, 6.07) is 6.37. The van der Waals surface area contributed by atoms with Crippen LogP contribution in [0, 0.1) is 5.92 Å². The third-order valence-electron chi connectivity index (χ3n) is 6.32. The lowest BCUT2D eigenvalue weighted by molar-refractivity contribution is -0.137. The molecule has 0 spiro atoms. The van der Waals surface area contributed by atoms with Gasteiger partial charge in [-0.25, -0.2) is 0 Å². The number of rotatable bonds is 7. The number of likely N-dealkylation sites (tertiary alicyclic amines) is 1. The predicted octanol–water partition coefficient (Wildman–Crippen LogP) is 1.61. The molecule has 2 heterocycles. The number of piperidine rings is 1. The van der Waals surface area contributed by atoms with E-state index in [2.05, 4.69) is 10.2 Å². The van der Waals surface area contributed by atoms with Gasteiger partial charge in [0.05, 0.1) is 19.2 Å². The molecule has 2 saturated heterocycles. The van der Waals surface area contributed by atoms with Gasteiger partial charge in [0, 0.05) is 39.3 Å². The Morgan fingerprint density at radius 1 is 0.938 bits per heavy atom. The molecule has 8 heteroatoms. The molecule has 3 amide bonds. The van der Waals surface area contributed by atoms with E-state index >= 15 is 0 Å². The summed E-state index contributed by atoms with van der Waals surface area (Å²) < 4.78 is 5.28. The first kappa shape index (κ1) is 24.0. The maximum atomic E-state index is 13.2. The summed E-state index contributed by atoms with van der Waals surface area (Å²) in [6.45, 7) is 8.43. The second kappa shape index (κ2) is 11.3. The van der Waals surface area contributed by atoms with E-state index < -0.39 is 6.04 Å². The van der Waals surface area contributed by atoms with Crippen molar-refractivity contribution in [1.82, 2.24) is 20.0 Å². The molecule has 1 N–H and O–H groups in total. The quantitative estimate of drug-likeness (QED) is 0.691. The van der Waals surface area contributed by atoms with Crippen LogP contribution < -0.4 is 10.1 Å². The van der Waals surface area contributed by atoms with E-state index in [0.29, 0.717) is 44.0 Å². The molecule has 2 aliphatic rings. The Labute approximate surface area is 190 Å². The number of carbonyl (C=O) groups excluding carboxylic acids is 3. The van der Waals surface area contributed by atoms with Crippen molar-refractivity contribution >= 4 is 17.7 Å². The number of piperazine rings is 1. The number of nitrogens with one attached hydrogen (secondary N) is 1. The third-order valence-corrected chi connectivity index (χ3v) is 6.32. The zero-order valence-corrected chi connectivity index (χ0v) is 19.5. The minimum atomic E-state index is -0.617. The number of hydrogen-bond donors (Lipinski definition) is 1. The molecule has 1 aromatic rings. The van der Waals surface area contributed by atoms with Crippen LogP contribution in [0.2, 0.25) is 0 Å². The van der Waals surface area contributed by atoms with Gasteiger partial charge in [0.2, 0.25) is 11.8 Å². The summed E-state index contributed by atoms with van der Waals surface area (Å²) in [5.41, 5.74) is 0.412. The molecule has 0 aliphatic carbocycles. The maximum absolute atomic E-state index is 13.2. The molecule has 32 heavy (non-hydrogen) atoms. The highest BCUT2D eigenvalue weighted by Gasteiger charge is 2.32. The van der Waals surface area contributed by atoms with Crippen molar-refractivity contribution in [1.29, 1.82) is 0 Å². The van der Waals surface area contributed by atoms with Crippen molar-refractivity contribution in [3.8, 4) is 5.75 Å². The SMILES string of the molecule is COc1ccccc1C(=O)N[C@H](C(=O)N1CCN(CC(=O)N2CCCCC2)CC1)C(C)C. The molecule has 1 atom stereocenters. The van der Waals surface area contributed by atoms with Gasteiger partial charge >= 0.3 is 0 Å². The van der Waals surface area contributed by atoms with Crippen molar-refractivity contribution in [3.05, 3.63) is 29.8 Å². The molecular formula is C24H36N4O4. The number of nitrogens with zero attached hydrogens (tertiary/aromatic N) is 3. The first-order chi connectivity index (χ1) is 15.4. The van der Waals surface area contributed by atoms with Gasteiger partial charge in [-0.05, 0) is 37.3 Å². The van der Waals surface area contributed by atoms with Gasteiger partial charge < -0.3 is 19.9 Å². The van der Waals surface area contributed by atoms with Gasteiger partial charge in [0.1, 0.15) is 11.8 Å². The fourth-order valence-electron chi connectivity index (χ4n) is 4.32. The molecule has 0 radical (unpaired) electrons. The molecule has 1 aromatic carbocycles. The predicted molar refractivity (Wildman–Crippen MR) is 123 cm³/mol. The van der Waals surface area contributed by atoms with Crippen molar-refractivity contribution in [3.63, 3.8) is 0 Å². The molecule has 0 unspecified atom stereocenters. The Morgan fingerprint density at radius 3 is 2.22 bits per heavy atom. The van der Waals surface area contributed by atoms with Crippen molar-refractivity contribution in [2.45, 2.75) is 39.2 Å². The number of para-hydroxylation sites is 1. The summed E-state index contributed by atoms with van der Waals surface area (Å²) in [6.07, 6.45) is 3.38. The van der Waals surface area contributed by atoms with Crippen LogP contribution in [0.1, 0.15) is 43.5 Å². The summed E-state index contributed by atoms with van der Waals surface area (Å²) in [7, 11) is 1.52. The topological polar surface area (TPSA) is 82.2 Å². The highest BCUT2D eigenvalue weighted by Crippen LogP contribution is 2.18. The smallest absolute Gasteiger partial charge is 0.255 e. The van der Waals surface area contributed by atoms with Crippen LogP contribution in [0.4, 0.5) is 0 Å². The van der Waals surface area contributed by atoms with E-state index in [-0.39, 0.29) is 23.6 Å². The number of amides is 3. The van der Waals surface area contributed by atoms with E-state index in [1.165, 1.54) is 13.5 Å². The van der Waals surface area contributed by atoms with E-state index in [1.807, 2.05) is 18.7 Å². The van der Waals surface area contributed by atoms with Gasteiger partial charge in [-0.1, -0.05) is 26.0 Å². The lowest BCUT2D eigenvalue weighted by Crippen LogP contribution is -2.57. The molecule has 3 rings (SSSR count). The van der Waals surface area contributed by atoms with Crippen molar-refractivity contribution < 1.29 is 19.1 Å². The lowest BCUT2D eigenvalue weighted by Gasteiger charge is -2.38. The van der Waals surface area contributed by atoms with Gasteiger partial charge in [0.25, 0.3) is 5.91 Å². The zero-order valence-electron chi connectivity index (χ0n) is 19.5. The molecule has 0 bridgehead atoms. The second-order valence-electron chi connectivity index (χ2n) is 8.94. The van der Waals surface area contributed by atoms with Crippen LogP contribution in [0.25, 0.3) is 0 Å². The normalized spacial score (nSPS) is 18.4. The molecule has 2 fully saturated rings. The number of ether oxygens (including phenoxy) is 1. The van der Waals surface area contributed by atoms with Crippen molar-refractivity contribution in [2.75, 3.05) is 52.9 Å². The second-order valence-corrected chi connectivity index (χ2v) is 8.94. The molecule has 176 valence electrons. The standard InChI is InChI=1S/C24H36N4O4/c1-18(2)22(25-23(30)19-9-5-6-10-20(19)32-3)24(31)28-15-13-26(14-16-28)17-21(29)27-11-7-4-8-12-27/h5-6,9-10,18,22H,4,7-8,11-17H2,1-3H3,(H,25,30)/t22-/m0/s1. The Balaban J connectivity index is 1.54.